The van der Waals surface area contributed by atoms with E-state index in [0.717, 1.165) is 0 Å². The monoisotopic (exact) mass is 120 g/mol. The molecular weight excluding hydrogens is 111 g/mol. The molecular formula is C4H9O2P. The highest BCUT2D eigenvalue weighted by Crippen LogP contribution is 1.98. The van der Waals surface area contributed by atoms with Crippen LogP contribution < -0.4 is 0 Å². The number of hydrogen-bond acceptors (Lipinski definition) is 2. The number of carbonyl (C=O) groups is 1. The van der Waals surface area contributed by atoms with Gasteiger partial charge in [-0.25, -0.2) is 0 Å². The minimum atomic E-state index is -0.234. The van der Waals surface area contributed by atoms with Crippen LogP contribution >= 0.6 is 9.24 Å². The van der Waals surface area contributed by atoms with E-state index in [2.05, 4.69) is 14.0 Å². The summed E-state index contributed by atoms with van der Waals surface area (Å²) in [6.07, 6.45) is 0. The predicted octanol–water partition coefficient (Wildman–Crippen LogP) is 0.771. The molecule has 0 aromatic heterocycles. The molecule has 2 atom stereocenters. The van der Waals surface area contributed by atoms with Crippen molar-refractivity contribution in [1.29, 1.82) is 0 Å². The zero-order valence-corrected chi connectivity index (χ0v) is 5.63. The van der Waals surface area contributed by atoms with Gasteiger partial charge in [0.15, 0.2) is 0 Å². The Hall–Kier alpha value is -0.100. The van der Waals surface area contributed by atoms with Crippen molar-refractivity contribution in [3.8, 4) is 0 Å². The predicted molar refractivity (Wildman–Crippen MR) is 30.9 cm³/mol. The highest BCUT2D eigenvalue weighted by atomic mass is 31.0. The maximum atomic E-state index is 10.0. The molecule has 0 aromatic carbocycles. The van der Waals surface area contributed by atoms with E-state index in [0.29, 0.717) is 0 Å². The van der Waals surface area contributed by atoms with Crippen molar-refractivity contribution in [3.63, 3.8) is 0 Å². The van der Waals surface area contributed by atoms with Gasteiger partial charge in [-0.3, -0.25) is 4.79 Å². The summed E-state index contributed by atoms with van der Waals surface area (Å²) in [5.41, 5.74) is 0. The van der Waals surface area contributed by atoms with Crippen LogP contribution in [0.25, 0.3) is 0 Å². The fourth-order valence-corrected chi connectivity index (χ4v) is 0.453. The molecule has 0 aliphatic heterocycles. The van der Waals surface area contributed by atoms with Crippen LogP contribution in [0.4, 0.5) is 0 Å². The number of ether oxygens (including phenoxy) is 1. The Morgan fingerprint density at radius 2 is 2.29 bits per heavy atom. The van der Waals surface area contributed by atoms with Crippen LogP contribution in [0.5, 0.6) is 0 Å². The van der Waals surface area contributed by atoms with Crippen molar-refractivity contribution in [1.82, 2.24) is 0 Å². The number of esters is 1. The van der Waals surface area contributed by atoms with Gasteiger partial charge in [0.2, 0.25) is 0 Å². The molecule has 0 fully saturated rings. The van der Waals surface area contributed by atoms with Crippen LogP contribution in [-0.2, 0) is 9.53 Å². The second-order valence-corrected chi connectivity index (χ2v) is 2.25. The van der Waals surface area contributed by atoms with Crippen LogP contribution in [0.1, 0.15) is 13.8 Å². The van der Waals surface area contributed by atoms with E-state index < -0.39 is 0 Å². The molecule has 0 spiro atoms. The summed E-state index contributed by atoms with van der Waals surface area (Å²) in [5, 5.41) is 0. The molecule has 2 unspecified atom stereocenters. The van der Waals surface area contributed by atoms with Crippen molar-refractivity contribution >= 4 is 15.2 Å². The zero-order chi connectivity index (χ0) is 5.86. The Labute approximate surface area is 45.4 Å². The van der Waals surface area contributed by atoms with E-state index >= 15 is 0 Å². The summed E-state index contributed by atoms with van der Waals surface area (Å²) in [6, 6.07) is 0. The number of carbonyl (C=O) groups excluding carboxylic acids is 1. The molecule has 0 N–H and O–H groups in total. The molecule has 3 heteroatoms. The fraction of sp³-hybridized carbons (Fsp3) is 0.750. The van der Waals surface area contributed by atoms with E-state index in [1.807, 2.05) is 0 Å². The summed E-state index contributed by atoms with van der Waals surface area (Å²) < 4.78 is 4.57. The lowest BCUT2D eigenvalue weighted by Gasteiger charge is -2.01. The van der Waals surface area contributed by atoms with Crippen molar-refractivity contribution in [2.75, 3.05) is 0 Å². The molecule has 0 amide bonds. The van der Waals surface area contributed by atoms with Crippen LogP contribution in [-0.4, -0.2) is 11.8 Å². The lowest BCUT2D eigenvalue weighted by molar-refractivity contribution is -0.141. The van der Waals surface area contributed by atoms with Crippen LogP contribution in [0.3, 0.4) is 0 Å². The lowest BCUT2D eigenvalue weighted by Crippen LogP contribution is -2.03. The summed E-state index contributed by atoms with van der Waals surface area (Å²) in [7, 11) is 2.36. The third-order valence-corrected chi connectivity index (χ3v) is 0.488. The second-order valence-electron chi connectivity index (χ2n) is 1.31. The van der Waals surface area contributed by atoms with Gasteiger partial charge >= 0.3 is 5.97 Å². The minimum Gasteiger partial charge on any atom is -0.459 e. The Kier molecular flexibility index (Phi) is 2.93. The molecule has 0 bridgehead atoms. The van der Waals surface area contributed by atoms with Gasteiger partial charge in [-0.05, 0) is 6.92 Å². The molecule has 42 valence electrons. The van der Waals surface area contributed by atoms with Gasteiger partial charge in [-0.1, -0.05) is 9.24 Å². The van der Waals surface area contributed by atoms with E-state index in [1.165, 1.54) is 6.92 Å². The largest absolute Gasteiger partial charge is 0.459 e. The first-order chi connectivity index (χ1) is 3.13. The number of rotatable bonds is 1. The van der Waals surface area contributed by atoms with Gasteiger partial charge in [0.25, 0.3) is 0 Å². The standard InChI is InChI=1S/C4H9O2P/c1-3(5)6-4(2)7/h4H,7H2,1-2H3. The molecule has 0 saturated carbocycles. The summed E-state index contributed by atoms with van der Waals surface area (Å²) >= 11 is 0. The van der Waals surface area contributed by atoms with Gasteiger partial charge < -0.3 is 4.74 Å². The Balaban J connectivity index is 3.13. The third kappa shape index (κ3) is 5.90. The van der Waals surface area contributed by atoms with Gasteiger partial charge in [0, 0.05) is 6.92 Å². The third-order valence-electron chi connectivity index (χ3n) is 0.352. The van der Waals surface area contributed by atoms with E-state index in [4.69, 9.17) is 0 Å². The highest BCUT2D eigenvalue weighted by Gasteiger charge is 1.93. The molecule has 7 heavy (non-hydrogen) atoms. The van der Waals surface area contributed by atoms with E-state index in [1.54, 1.807) is 6.92 Å². The van der Waals surface area contributed by atoms with Gasteiger partial charge in [0.1, 0.15) is 5.85 Å². The Morgan fingerprint density at radius 1 is 1.86 bits per heavy atom. The van der Waals surface area contributed by atoms with Crippen molar-refractivity contribution in [2.45, 2.75) is 19.7 Å². The average molecular weight is 120 g/mol. The average Bonchev–Trinajstić information content (AvgIpc) is 1.27. The first kappa shape index (κ1) is 6.90. The van der Waals surface area contributed by atoms with Crippen molar-refractivity contribution in [3.05, 3.63) is 0 Å². The fourth-order valence-electron chi connectivity index (χ4n) is 0.262. The van der Waals surface area contributed by atoms with E-state index in [9.17, 15) is 4.79 Å². The molecule has 0 aromatic rings. The van der Waals surface area contributed by atoms with Gasteiger partial charge in [0.05, 0.1) is 0 Å². The Bertz CT molecular complexity index is 70.1. The topological polar surface area (TPSA) is 26.3 Å². The maximum absolute atomic E-state index is 10.0. The molecule has 0 radical (unpaired) electrons. The van der Waals surface area contributed by atoms with Crippen LogP contribution in [0, 0.1) is 0 Å². The quantitative estimate of drug-likeness (QED) is 0.377. The molecule has 0 saturated heterocycles. The molecule has 0 rings (SSSR count). The molecule has 0 aliphatic rings. The van der Waals surface area contributed by atoms with Gasteiger partial charge in [-0.15, -0.1) is 0 Å². The minimum absolute atomic E-state index is 0.0579. The van der Waals surface area contributed by atoms with Crippen molar-refractivity contribution < 1.29 is 9.53 Å². The van der Waals surface area contributed by atoms with Crippen molar-refractivity contribution in [2.24, 2.45) is 0 Å². The second kappa shape index (κ2) is 2.98. The molecule has 0 aliphatic carbocycles. The smallest absolute Gasteiger partial charge is 0.303 e. The zero-order valence-electron chi connectivity index (χ0n) is 4.47. The SMILES string of the molecule is CC(=O)OC(C)P. The first-order valence-corrected chi connectivity index (χ1v) is 2.72. The van der Waals surface area contributed by atoms with Crippen LogP contribution in [0.2, 0.25) is 0 Å². The highest BCUT2D eigenvalue weighted by molar-refractivity contribution is 7.17. The van der Waals surface area contributed by atoms with E-state index in [-0.39, 0.29) is 11.8 Å². The Morgan fingerprint density at radius 3 is 2.29 bits per heavy atom. The molecule has 0 heterocycles. The summed E-state index contributed by atoms with van der Waals surface area (Å²) in [5.74, 6) is -0.292. The first-order valence-electron chi connectivity index (χ1n) is 2.05. The number of hydrogen-bond donors (Lipinski definition) is 0. The normalized spacial score (nSPS) is 13.0. The summed E-state index contributed by atoms with van der Waals surface area (Å²) in [4.78, 5) is 10.0. The summed E-state index contributed by atoms with van der Waals surface area (Å²) in [6.45, 7) is 3.17. The van der Waals surface area contributed by atoms with Crippen LogP contribution in [0.15, 0.2) is 0 Å². The van der Waals surface area contributed by atoms with Gasteiger partial charge in [-0.2, -0.15) is 0 Å². The molecule has 2 nitrogen and oxygen atoms in total. The maximum Gasteiger partial charge on any atom is 0.303 e. The lowest BCUT2D eigenvalue weighted by atomic mass is 10.8.